The second kappa shape index (κ2) is 6.93. The van der Waals surface area contributed by atoms with E-state index in [2.05, 4.69) is 24.1 Å². The Hall–Kier alpha value is -1.29. The van der Waals surface area contributed by atoms with Gasteiger partial charge in [0.1, 0.15) is 11.5 Å². The van der Waals surface area contributed by atoms with Crippen LogP contribution in [-0.2, 0) is 0 Å². The van der Waals surface area contributed by atoms with Gasteiger partial charge in [0.15, 0.2) is 0 Å². The third-order valence-electron chi connectivity index (χ3n) is 2.78. The predicted molar refractivity (Wildman–Crippen MR) is 82.9 cm³/mol. The maximum atomic E-state index is 5.93. The molecule has 0 spiro atoms. The van der Waals surface area contributed by atoms with Gasteiger partial charge in [0.25, 0.3) is 0 Å². The quantitative estimate of drug-likeness (QED) is 0.857. The number of aromatic nitrogens is 1. The number of pyridine rings is 1. The van der Waals surface area contributed by atoms with Crippen LogP contribution in [-0.4, -0.2) is 11.5 Å². The minimum Gasteiger partial charge on any atom is -0.456 e. The highest BCUT2D eigenvalue weighted by atomic mass is 35.5. The number of nitrogens with zero attached hydrogens (tertiary/aromatic N) is 1. The van der Waals surface area contributed by atoms with Crippen LogP contribution in [0.2, 0.25) is 10.0 Å². The average molecular weight is 311 g/mol. The molecule has 1 N–H and O–H groups in total. The van der Waals surface area contributed by atoms with Gasteiger partial charge in [-0.25, -0.2) is 0 Å². The van der Waals surface area contributed by atoms with Gasteiger partial charge in [-0.05, 0) is 43.8 Å². The molecule has 1 aromatic carbocycles. The Morgan fingerprint density at radius 3 is 2.40 bits per heavy atom. The van der Waals surface area contributed by atoms with Crippen LogP contribution in [0.4, 0.5) is 0 Å². The molecule has 2 aromatic rings. The van der Waals surface area contributed by atoms with Crippen molar-refractivity contribution >= 4 is 23.2 Å². The minimum atomic E-state index is 0.217. The lowest BCUT2D eigenvalue weighted by atomic mass is 10.2. The zero-order valence-electron chi connectivity index (χ0n) is 11.4. The van der Waals surface area contributed by atoms with E-state index in [0.29, 0.717) is 21.5 Å². The summed E-state index contributed by atoms with van der Waals surface area (Å²) >= 11 is 11.9. The minimum absolute atomic E-state index is 0.217. The lowest BCUT2D eigenvalue weighted by molar-refractivity contribution is 0.478. The van der Waals surface area contributed by atoms with Gasteiger partial charge >= 0.3 is 0 Å². The molecule has 0 radical (unpaired) electrons. The zero-order chi connectivity index (χ0) is 14.5. The number of benzene rings is 1. The summed E-state index contributed by atoms with van der Waals surface area (Å²) in [6.45, 7) is 5.04. The van der Waals surface area contributed by atoms with E-state index in [9.17, 15) is 0 Å². The fourth-order valence-electron chi connectivity index (χ4n) is 1.84. The largest absolute Gasteiger partial charge is 0.456 e. The molecular formula is C15H16Cl2N2O. The molecule has 3 nitrogen and oxygen atoms in total. The van der Waals surface area contributed by atoms with Crippen LogP contribution in [0.25, 0.3) is 0 Å². The first-order chi connectivity index (χ1) is 9.58. The molecule has 0 aliphatic rings. The lowest BCUT2D eigenvalue weighted by Crippen LogP contribution is -2.18. The summed E-state index contributed by atoms with van der Waals surface area (Å²) in [7, 11) is 0. The van der Waals surface area contributed by atoms with Crippen molar-refractivity contribution in [2.75, 3.05) is 6.54 Å². The van der Waals surface area contributed by atoms with Crippen molar-refractivity contribution in [1.29, 1.82) is 0 Å². The van der Waals surface area contributed by atoms with E-state index in [0.717, 1.165) is 12.2 Å². The predicted octanol–water partition coefficient (Wildman–Crippen LogP) is 4.85. The van der Waals surface area contributed by atoms with E-state index >= 15 is 0 Å². The first-order valence-corrected chi connectivity index (χ1v) is 7.17. The Balaban J connectivity index is 2.10. The van der Waals surface area contributed by atoms with Gasteiger partial charge in [0.2, 0.25) is 0 Å². The standard InChI is InChI=1S/C15H16Cl2N2O/c1-3-18-10(2)15-5-4-13(9-19-15)20-14-7-11(16)6-12(17)8-14/h4-10,18H,3H2,1-2H3. The summed E-state index contributed by atoms with van der Waals surface area (Å²) in [5.41, 5.74) is 0.975. The van der Waals surface area contributed by atoms with Gasteiger partial charge < -0.3 is 10.1 Å². The normalized spacial score (nSPS) is 12.2. The molecule has 2 rings (SSSR count). The number of ether oxygens (including phenoxy) is 1. The molecule has 0 saturated heterocycles. The average Bonchev–Trinajstić information content (AvgIpc) is 2.38. The van der Waals surface area contributed by atoms with Crippen molar-refractivity contribution < 1.29 is 4.74 Å². The smallest absolute Gasteiger partial charge is 0.145 e. The second-order valence-electron chi connectivity index (χ2n) is 4.41. The molecule has 1 atom stereocenters. The fourth-order valence-corrected chi connectivity index (χ4v) is 2.35. The monoisotopic (exact) mass is 310 g/mol. The van der Waals surface area contributed by atoms with Crippen molar-refractivity contribution in [1.82, 2.24) is 10.3 Å². The van der Waals surface area contributed by atoms with Crippen molar-refractivity contribution in [3.63, 3.8) is 0 Å². The van der Waals surface area contributed by atoms with E-state index < -0.39 is 0 Å². The maximum absolute atomic E-state index is 5.93. The number of hydrogen-bond acceptors (Lipinski definition) is 3. The number of halogens is 2. The summed E-state index contributed by atoms with van der Waals surface area (Å²) in [6.07, 6.45) is 1.69. The molecular weight excluding hydrogens is 295 g/mol. The van der Waals surface area contributed by atoms with Crippen LogP contribution in [0.5, 0.6) is 11.5 Å². The van der Waals surface area contributed by atoms with E-state index in [-0.39, 0.29) is 6.04 Å². The van der Waals surface area contributed by atoms with E-state index in [1.165, 1.54) is 0 Å². The Bertz CT molecular complexity index is 552. The Kier molecular flexibility index (Phi) is 5.24. The summed E-state index contributed by atoms with van der Waals surface area (Å²) in [6, 6.07) is 9.12. The Morgan fingerprint density at radius 2 is 1.85 bits per heavy atom. The second-order valence-corrected chi connectivity index (χ2v) is 5.28. The van der Waals surface area contributed by atoms with E-state index in [1.807, 2.05) is 12.1 Å². The van der Waals surface area contributed by atoms with Crippen LogP contribution >= 0.6 is 23.2 Å². The summed E-state index contributed by atoms with van der Waals surface area (Å²) in [4.78, 5) is 4.38. The van der Waals surface area contributed by atoms with Crippen molar-refractivity contribution in [2.24, 2.45) is 0 Å². The Morgan fingerprint density at radius 1 is 1.15 bits per heavy atom. The van der Waals surface area contributed by atoms with E-state index in [1.54, 1.807) is 24.4 Å². The zero-order valence-corrected chi connectivity index (χ0v) is 12.9. The van der Waals surface area contributed by atoms with Gasteiger partial charge in [-0.3, -0.25) is 4.98 Å². The highest BCUT2D eigenvalue weighted by Gasteiger charge is 2.06. The molecule has 0 amide bonds. The van der Waals surface area contributed by atoms with Gasteiger partial charge in [0.05, 0.1) is 11.9 Å². The number of hydrogen-bond donors (Lipinski definition) is 1. The highest BCUT2D eigenvalue weighted by Crippen LogP contribution is 2.28. The Labute approximate surface area is 128 Å². The van der Waals surface area contributed by atoms with Crippen LogP contribution in [0.3, 0.4) is 0 Å². The fraction of sp³-hybridized carbons (Fsp3) is 0.267. The van der Waals surface area contributed by atoms with Gasteiger partial charge in [-0.2, -0.15) is 0 Å². The molecule has 5 heteroatoms. The molecule has 0 bridgehead atoms. The first kappa shape index (κ1) is 15.1. The molecule has 1 aromatic heterocycles. The number of rotatable bonds is 5. The van der Waals surface area contributed by atoms with Crippen LogP contribution in [0, 0.1) is 0 Å². The third-order valence-corrected chi connectivity index (χ3v) is 3.22. The molecule has 1 unspecified atom stereocenters. The van der Waals surface area contributed by atoms with Crippen LogP contribution in [0.1, 0.15) is 25.6 Å². The van der Waals surface area contributed by atoms with Gasteiger partial charge in [-0.15, -0.1) is 0 Å². The first-order valence-electron chi connectivity index (χ1n) is 6.41. The van der Waals surface area contributed by atoms with E-state index in [4.69, 9.17) is 27.9 Å². The summed E-state index contributed by atoms with van der Waals surface area (Å²) in [5, 5.41) is 4.39. The van der Waals surface area contributed by atoms with Crippen molar-refractivity contribution in [3.8, 4) is 11.5 Å². The summed E-state index contributed by atoms with van der Waals surface area (Å²) in [5.74, 6) is 1.24. The maximum Gasteiger partial charge on any atom is 0.145 e. The van der Waals surface area contributed by atoms with Crippen LogP contribution < -0.4 is 10.1 Å². The molecule has 1 heterocycles. The molecule has 0 aliphatic carbocycles. The molecule has 0 saturated carbocycles. The lowest BCUT2D eigenvalue weighted by Gasteiger charge is -2.12. The van der Waals surface area contributed by atoms with Crippen molar-refractivity contribution in [2.45, 2.75) is 19.9 Å². The number of nitrogens with one attached hydrogen (secondary N) is 1. The van der Waals surface area contributed by atoms with Gasteiger partial charge in [0, 0.05) is 16.1 Å². The molecule has 20 heavy (non-hydrogen) atoms. The van der Waals surface area contributed by atoms with Crippen LogP contribution in [0.15, 0.2) is 36.5 Å². The SMILES string of the molecule is CCNC(C)c1ccc(Oc2cc(Cl)cc(Cl)c2)cn1. The highest BCUT2D eigenvalue weighted by molar-refractivity contribution is 6.34. The topological polar surface area (TPSA) is 34.1 Å². The van der Waals surface area contributed by atoms with Gasteiger partial charge in [-0.1, -0.05) is 30.1 Å². The summed E-state index contributed by atoms with van der Waals surface area (Å²) < 4.78 is 5.68. The molecule has 0 aliphatic heterocycles. The molecule has 106 valence electrons. The third kappa shape index (κ3) is 4.10. The molecule has 0 fully saturated rings. The van der Waals surface area contributed by atoms with Crippen molar-refractivity contribution in [3.05, 3.63) is 52.3 Å².